The van der Waals surface area contributed by atoms with Gasteiger partial charge in [-0.15, -0.1) is 10.2 Å². The SMILES string of the molecule is OC1CCCC1CNc1nccn2cnnc12. The van der Waals surface area contributed by atoms with Crippen LogP contribution in [0.1, 0.15) is 19.3 Å². The Labute approximate surface area is 98.7 Å². The quantitative estimate of drug-likeness (QED) is 0.816. The van der Waals surface area contributed by atoms with Gasteiger partial charge in [-0.1, -0.05) is 6.42 Å². The molecule has 0 aliphatic heterocycles. The Balaban J connectivity index is 1.74. The number of anilines is 1. The highest BCUT2D eigenvalue weighted by Crippen LogP contribution is 2.25. The molecule has 1 fully saturated rings. The van der Waals surface area contributed by atoms with Crippen molar-refractivity contribution in [1.82, 2.24) is 19.6 Å². The fraction of sp³-hybridized carbons (Fsp3) is 0.545. The Bertz CT molecular complexity index is 511. The van der Waals surface area contributed by atoms with Gasteiger partial charge >= 0.3 is 0 Å². The zero-order valence-corrected chi connectivity index (χ0v) is 9.45. The van der Waals surface area contributed by atoms with Crippen molar-refractivity contribution in [1.29, 1.82) is 0 Å². The van der Waals surface area contributed by atoms with E-state index in [-0.39, 0.29) is 6.10 Å². The van der Waals surface area contributed by atoms with Gasteiger partial charge in [-0.05, 0) is 12.8 Å². The van der Waals surface area contributed by atoms with E-state index in [1.54, 1.807) is 12.5 Å². The van der Waals surface area contributed by atoms with Gasteiger partial charge in [0.15, 0.2) is 5.82 Å². The molecule has 6 heteroatoms. The maximum atomic E-state index is 9.75. The second kappa shape index (κ2) is 4.29. The Morgan fingerprint density at radius 1 is 1.47 bits per heavy atom. The van der Waals surface area contributed by atoms with Crippen LogP contribution < -0.4 is 5.32 Å². The minimum Gasteiger partial charge on any atom is -0.393 e. The van der Waals surface area contributed by atoms with Crippen molar-refractivity contribution in [3.05, 3.63) is 18.7 Å². The van der Waals surface area contributed by atoms with E-state index >= 15 is 0 Å². The molecule has 2 unspecified atom stereocenters. The lowest BCUT2D eigenvalue weighted by Crippen LogP contribution is -2.22. The van der Waals surface area contributed by atoms with Crippen LogP contribution in [0.15, 0.2) is 18.7 Å². The molecular formula is C11H15N5O. The summed E-state index contributed by atoms with van der Waals surface area (Å²) in [4.78, 5) is 4.25. The lowest BCUT2D eigenvalue weighted by atomic mass is 10.1. The van der Waals surface area contributed by atoms with E-state index in [1.807, 2.05) is 10.6 Å². The fourth-order valence-electron chi connectivity index (χ4n) is 2.37. The molecule has 2 atom stereocenters. The van der Waals surface area contributed by atoms with Crippen LogP contribution in [0.2, 0.25) is 0 Å². The third kappa shape index (κ3) is 1.95. The van der Waals surface area contributed by atoms with Crippen molar-refractivity contribution < 1.29 is 5.11 Å². The second-order valence-electron chi connectivity index (χ2n) is 4.48. The molecule has 0 spiro atoms. The van der Waals surface area contributed by atoms with E-state index in [0.717, 1.165) is 37.3 Å². The van der Waals surface area contributed by atoms with Gasteiger partial charge in [0.1, 0.15) is 6.33 Å². The summed E-state index contributed by atoms with van der Waals surface area (Å²) in [5, 5.41) is 20.8. The Kier molecular flexibility index (Phi) is 2.64. The van der Waals surface area contributed by atoms with Crippen molar-refractivity contribution >= 4 is 11.5 Å². The third-order valence-corrected chi connectivity index (χ3v) is 3.37. The molecular weight excluding hydrogens is 218 g/mol. The standard InChI is InChI=1S/C11H15N5O/c17-9-3-1-2-8(9)6-13-10-11-15-14-7-16(11)5-4-12-10/h4-5,7-9,17H,1-3,6H2,(H,12,13). The molecule has 6 nitrogen and oxygen atoms in total. The monoisotopic (exact) mass is 233 g/mol. The fourth-order valence-corrected chi connectivity index (χ4v) is 2.37. The molecule has 1 saturated carbocycles. The van der Waals surface area contributed by atoms with Gasteiger partial charge in [0, 0.05) is 24.9 Å². The highest BCUT2D eigenvalue weighted by molar-refractivity contribution is 5.61. The summed E-state index contributed by atoms with van der Waals surface area (Å²) in [6.45, 7) is 0.737. The average molecular weight is 233 g/mol. The minimum absolute atomic E-state index is 0.180. The van der Waals surface area contributed by atoms with Crippen LogP contribution in [0.4, 0.5) is 5.82 Å². The van der Waals surface area contributed by atoms with Gasteiger partial charge in [0.05, 0.1) is 6.10 Å². The van der Waals surface area contributed by atoms with Crippen molar-refractivity contribution in [2.24, 2.45) is 5.92 Å². The number of nitrogens with zero attached hydrogens (tertiary/aromatic N) is 4. The Morgan fingerprint density at radius 3 is 3.24 bits per heavy atom. The number of aliphatic hydroxyl groups excluding tert-OH is 1. The van der Waals surface area contributed by atoms with Crippen LogP contribution in [0.5, 0.6) is 0 Å². The van der Waals surface area contributed by atoms with Crippen LogP contribution >= 0.6 is 0 Å². The summed E-state index contributed by atoms with van der Waals surface area (Å²) in [5.74, 6) is 1.05. The number of aromatic nitrogens is 4. The molecule has 2 N–H and O–H groups in total. The van der Waals surface area contributed by atoms with Crippen LogP contribution in [0, 0.1) is 5.92 Å². The van der Waals surface area contributed by atoms with Crippen LogP contribution in [-0.4, -0.2) is 37.3 Å². The first-order chi connectivity index (χ1) is 8.34. The summed E-state index contributed by atoms with van der Waals surface area (Å²) >= 11 is 0. The number of fused-ring (bicyclic) bond motifs is 1. The second-order valence-corrected chi connectivity index (χ2v) is 4.48. The van der Waals surface area contributed by atoms with Gasteiger partial charge < -0.3 is 10.4 Å². The zero-order chi connectivity index (χ0) is 11.7. The van der Waals surface area contributed by atoms with E-state index in [0.29, 0.717) is 5.92 Å². The number of nitrogens with one attached hydrogen (secondary N) is 1. The van der Waals surface area contributed by atoms with Crippen molar-refractivity contribution in [2.45, 2.75) is 25.4 Å². The molecule has 0 aromatic carbocycles. The molecule has 3 rings (SSSR count). The Hall–Kier alpha value is -1.69. The third-order valence-electron chi connectivity index (χ3n) is 3.37. The van der Waals surface area contributed by atoms with E-state index in [9.17, 15) is 5.11 Å². The first-order valence-electron chi connectivity index (χ1n) is 5.91. The number of rotatable bonds is 3. The van der Waals surface area contributed by atoms with Crippen LogP contribution in [-0.2, 0) is 0 Å². The smallest absolute Gasteiger partial charge is 0.203 e. The van der Waals surface area contributed by atoms with Crippen molar-refractivity contribution in [3.8, 4) is 0 Å². The molecule has 0 amide bonds. The summed E-state index contributed by atoms with van der Waals surface area (Å²) < 4.78 is 1.82. The largest absolute Gasteiger partial charge is 0.393 e. The maximum Gasteiger partial charge on any atom is 0.203 e. The van der Waals surface area contributed by atoms with Crippen LogP contribution in [0.3, 0.4) is 0 Å². The van der Waals surface area contributed by atoms with Gasteiger partial charge in [-0.2, -0.15) is 0 Å². The molecule has 2 aromatic rings. The molecule has 2 aromatic heterocycles. The van der Waals surface area contributed by atoms with Gasteiger partial charge in [0.25, 0.3) is 0 Å². The molecule has 1 aliphatic rings. The van der Waals surface area contributed by atoms with E-state index in [2.05, 4.69) is 20.5 Å². The number of aliphatic hydroxyl groups is 1. The van der Waals surface area contributed by atoms with E-state index in [1.165, 1.54) is 0 Å². The molecule has 2 heterocycles. The first-order valence-corrected chi connectivity index (χ1v) is 5.91. The zero-order valence-electron chi connectivity index (χ0n) is 9.45. The lowest BCUT2D eigenvalue weighted by Gasteiger charge is -2.15. The van der Waals surface area contributed by atoms with Crippen molar-refractivity contribution in [2.75, 3.05) is 11.9 Å². The summed E-state index contributed by atoms with van der Waals surface area (Å²) in [6.07, 6.45) is 8.08. The van der Waals surface area contributed by atoms with E-state index < -0.39 is 0 Å². The predicted octanol–water partition coefficient (Wildman–Crippen LogP) is 0.697. The average Bonchev–Trinajstić information content (AvgIpc) is 2.95. The van der Waals surface area contributed by atoms with Gasteiger partial charge in [-0.25, -0.2) is 4.98 Å². The highest BCUT2D eigenvalue weighted by atomic mass is 16.3. The van der Waals surface area contributed by atoms with E-state index in [4.69, 9.17) is 0 Å². The first kappa shape index (κ1) is 10.5. The van der Waals surface area contributed by atoms with Crippen LogP contribution in [0.25, 0.3) is 5.65 Å². The normalized spacial score (nSPS) is 24.3. The highest BCUT2D eigenvalue weighted by Gasteiger charge is 2.25. The molecule has 90 valence electrons. The Morgan fingerprint density at radius 2 is 2.41 bits per heavy atom. The van der Waals surface area contributed by atoms with Crippen molar-refractivity contribution in [3.63, 3.8) is 0 Å². The number of hydrogen-bond acceptors (Lipinski definition) is 5. The summed E-state index contributed by atoms with van der Waals surface area (Å²) in [6, 6.07) is 0. The molecule has 0 saturated heterocycles. The number of hydrogen-bond donors (Lipinski definition) is 2. The maximum absolute atomic E-state index is 9.75. The molecule has 0 bridgehead atoms. The predicted molar refractivity (Wildman–Crippen MR) is 62.6 cm³/mol. The topological polar surface area (TPSA) is 75.3 Å². The lowest BCUT2D eigenvalue weighted by molar-refractivity contribution is 0.138. The van der Waals surface area contributed by atoms with Gasteiger partial charge in [-0.3, -0.25) is 4.40 Å². The molecule has 17 heavy (non-hydrogen) atoms. The summed E-state index contributed by atoms with van der Waals surface area (Å²) in [7, 11) is 0. The van der Waals surface area contributed by atoms with Gasteiger partial charge in [0.2, 0.25) is 5.65 Å². The molecule has 0 radical (unpaired) electrons. The minimum atomic E-state index is -0.180. The summed E-state index contributed by atoms with van der Waals surface area (Å²) in [5.41, 5.74) is 0.722. The molecule has 1 aliphatic carbocycles.